The first-order valence-corrected chi connectivity index (χ1v) is 8.63. The van der Waals surface area contributed by atoms with Crippen molar-refractivity contribution in [3.8, 4) is 0 Å². The van der Waals surface area contributed by atoms with Crippen LogP contribution in [0.5, 0.6) is 0 Å². The summed E-state index contributed by atoms with van der Waals surface area (Å²) < 4.78 is 3.84. The van der Waals surface area contributed by atoms with Gasteiger partial charge in [0.15, 0.2) is 5.69 Å². The zero-order valence-corrected chi connectivity index (χ0v) is 13.9. The molecule has 2 aromatic rings. The number of nitrogens with one attached hydrogen (secondary N) is 1. The van der Waals surface area contributed by atoms with Crippen LogP contribution in [0.15, 0.2) is 24.5 Å². The van der Waals surface area contributed by atoms with Crippen LogP contribution in [0.3, 0.4) is 0 Å². The van der Waals surface area contributed by atoms with E-state index in [4.69, 9.17) is 0 Å². The highest BCUT2D eigenvalue weighted by Gasteiger charge is 2.21. The Balaban J connectivity index is 1.71. The van der Waals surface area contributed by atoms with Crippen LogP contribution in [0.2, 0.25) is 0 Å². The minimum Gasteiger partial charge on any atom is -0.305 e. The summed E-state index contributed by atoms with van der Waals surface area (Å²) in [7, 11) is 0. The van der Waals surface area contributed by atoms with E-state index in [1.807, 2.05) is 21.6 Å². The van der Waals surface area contributed by atoms with Crippen molar-refractivity contribution in [3.05, 3.63) is 30.2 Å². The summed E-state index contributed by atoms with van der Waals surface area (Å²) in [6, 6.07) is 4.39. The summed E-state index contributed by atoms with van der Waals surface area (Å²) >= 11 is 0. The van der Waals surface area contributed by atoms with Crippen molar-refractivity contribution in [1.29, 1.82) is 0 Å². The smallest absolute Gasteiger partial charge is 0.277 e. The number of hydrogen-bond acceptors (Lipinski definition) is 3. The number of carbonyl (C=O) groups is 1. The first-order valence-electron chi connectivity index (χ1n) is 8.63. The Labute approximate surface area is 136 Å². The topological polar surface area (TPSA) is 64.7 Å². The highest BCUT2D eigenvalue weighted by atomic mass is 16.2. The molecule has 0 bridgehead atoms. The third kappa shape index (κ3) is 3.30. The molecule has 2 aromatic heterocycles. The van der Waals surface area contributed by atoms with Crippen molar-refractivity contribution in [1.82, 2.24) is 19.6 Å². The van der Waals surface area contributed by atoms with Gasteiger partial charge in [0.05, 0.1) is 18.3 Å². The van der Waals surface area contributed by atoms with E-state index in [1.54, 1.807) is 12.3 Å². The summed E-state index contributed by atoms with van der Waals surface area (Å²) in [6.45, 7) is 4.27. The van der Waals surface area contributed by atoms with Crippen LogP contribution >= 0.6 is 0 Å². The molecule has 0 radical (unpaired) electrons. The van der Waals surface area contributed by atoms with Crippen molar-refractivity contribution in [3.63, 3.8) is 0 Å². The quantitative estimate of drug-likeness (QED) is 0.881. The Morgan fingerprint density at radius 2 is 2.04 bits per heavy atom. The SMILES string of the molecule is CCC(CC)n1ccc(C(=O)Nc2ccnn2C2CCCC2)n1. The number of anilines is 1. The van der Waals surface area contributed by atoms with E-state index >= 15 is 0 Å². The van der Waals surface area contributed by atoms with Gasteiger partial charge in [-0.1, -0.05) is 26.7 Å². The van der Waals surface area contributed by atoms with Gasteiger partial charge in [-0.3, -0.25) is 9.48 Å². The maximum atomic E-state index is 12.5. The van der Waals surface area contributed by atoms with Gasteiger partial charge in [-0.25, -0.2) is 4.68 Å². The maximum absolute atomic E-state index is 12.5. The molecule has 1 aliphatic rings. The third-order valence-corrected chi connectivity index (χ3v) is 4.74. The first kappa shape index (κ1) is 15.8. The average Bonchev–Trinajstić information content (AvgIpc) is 3.29. The van der Waals surface area contributed by atoms with Gasteiger partial charge in [0, 0.05) is 12.3 Å². The van der Waals surface area contributed by atoms with E-state index in [-0.39, 0.29) is 5.91 Å². The van der Waals surface area contributed by atoms with E-state index in [0.717, 1.165) is 31.5 Å². The Hall–Kier alpha value is -2.11. The van der Waals surface area contributed by atoms with Gasteiger partial charge in [-0.15, -0.1) is 0 Å². The largest absolute Gasteiger partial charge is 0.305 e. The fraction of sp³-hybridized carbons (Fsp3) is 0.588. The van der Waals surface area contributed by atoms with Gasteiger partial charge in [0.2, 0.25) is 0 Å². The highest BCUT2D eigenvalue weighted by molar-refractivity contribution is 6.02. The number of rotatable bonds is 6. The minimum absolute atomic E-state index is 0.172. The standard InChI is InChI=1S/C17H25N5O/c1-3-13(4-2)21-12-10-15(20-21)17(23)19-16-9-11-18-22(16)14-7-5-6-8-14/h9-14H,3-8H2,1-2H3,(H,19,23). The molecule has 1 aliphatic carbocycles. The van der Waals surface area contributed by atoms with Gasteiger partial charge in [0.1, 0.15) is 5.82 Å². The van der Waals surface area contributed by atoms with Crippen molar-refractivity contribution >= 4 is 11.7 Å². The van der Waals surface area contributed by atoms with E-state index in [2.05, 4.69) is 29.4 Å². The van der Waals surface area contributed by atoms with Crippen LogP contribution < -0.4 is 5.32 Å². The molecule has 1 fully saturated rings. The van der Waals surface area contributed by atoms with Crippen molar-refractivity contribution in [2.75, 3.05) is 5.32 Å². The molecule has 6 heteroatoms. The molecule has 23 heavy (non-hydrogen) atoms. The number of aromatic nitrogens is 4. The fourth-order valence-corrected chi connectivity index (χ4v) is 3.36. The van der Waals surface area contributed by atoms with E-state index in [9.17, 15) is 4.79 Å². The van der Waals surface area contributed by atoms with Crippen LogP contribution in [-0.2, 0) is 0 Å². The first-order chi connectivity index (χ1) is 11.2. The summed E-state index contributed by atoms with van der Waals surface area (Å²) in [5.41, 5.74) is 0.455. The molecule has 0 unspecified atom stereocenters. The molecule has 1 amide bonds. The van der Waals surface area contributed by atoms with E-state index < -0.39 is 0 Å². The molecule has 0 spiro atoms. The van der Waals surface area contributed by atoms with Crippen LogP contribution in [0.1, 0.15) is 74.9 Å². The van der Waals surface area contributed by atoms with E-state index in [1.165, 1.54) is 12.8 Å². The molecule has 0 aliphatic heterocycles. The number of carbonyl (C=O) groups excluding carboxylic acids is 1. The lowest BCUT2D eigenvalue weighted by Gasteiger charge is -2.14. The summed E-state index contributed by atoms with van der Waals surface area (Å²) in [5, 5.41) is 11.8. The lowest BCUT2D eigenvalue weighted by atomic mass is 10.2. The van der Waals surface area contributed by atoms with Gasteiger partial charge < -0.3 is 5.32 Å². The number of amides is 1. The third-order valence-electron chi connectivity index (χ3n) is 4.74. The second-order valence-electron chi connectivity index (χ2n) is 6.20. The molecular formula is C17H25N5O. The highest BCUT2D eigenvalue weighted by Crippen LogP contribution is 2.31. The number of hydrogen-bond donors (Lipinski definition) is 1. The van der Waals surface area contributed by atoms with Crippen LogP contribution in [-0.4, -0.2) is 25.5 Å². The fourth-order valence-electron chi connectivity index (χ4n) is 3.36. The summed E-state index contributed by atoms with van der Waals surface area (Å²) in [4.78, 5) is 12.5. The molecule has 0 atom stereocenters. The predicted molar refractivity (Wildman–Crippen MR) is 89.5 cm³/mol. The van der Waals surface area contributed by atoms with Gasteiger partial charge in [-0.05, 0) is 31.7 Å². The van der Waals surface area contributed by atoms with Gasteiger partial charge in [0.25, 0.3) is 5.91 Å². The Morgan fingerprint density at radius 3 is 2.74 bits per heavy atom. The minimum atomic E-state index is -0.172. The molecule has 3 rings (SSSR count). The van der Waals surface area contributed by atoms with Gasteiger partial charge in [-0.2, -0.15) is 10.2 Å². The molecule has 1 N–H and O–H groups in total. The predicted octanol–water partition coefficient (Wildman–Crippen LogP) is 3.81. The summed E-state index contributed by atoms with van der Waals surface area (Å²) in [5.74, 6) is 0.591. The Morgan fingerprint density at radius 1 is 1.30 bits per heavy atom. The molecule has 0 aromatic carbocycles. The second kappa shape index (κ2) is 6.98. The summed E-state index contributed by atoms with van der Waals surface area (Å²) in [6.07, 6.45) is 10.4. The van der Waals surface area contributed by atoms with Crippen molar-refractivity contribution < 1.29 is 4.79 Å². The number of nitrogens with zero attached hydrogens (tertiary/aromatic N) is 4. The molecule has 1 saturated carbocycles. The molecule has 2 heterocycles. The lowest BCUT2D eigenvalue weighted by Crippen LogP contribution is -2.18. The van der Waals surface area contributed by atoms with E-state index in [0.29, 0.717) is 17.8 Å². The van der Waals surface area contributed by atoms with Crippen LogP contribution in [0.4, 0.5) is 5.82 Å². The monoisotopic (exact) mass is 315 g/mol. The zero-order valence-electron chi connectivity index (χ0n) is 13.9. The average molecular weight is 315 g/mol. The van der Waals surface area contributed by atoms with Crippen molar-refractivity contribution in [2.24, 2.45) is 0 Å². The molecule has 124 valence electrons. The molecule has 0 saturated heterocycles. The van der Waals surface area contributed by atoms with Crippen LogP contribution in [0.25, 0.3) is 0 Å². The second-order valence-corrected chi connectivity index (χ2v) is 6.20. The molecule has 6 nitrogen and oxygen atoms in total. The molecular weight excluding hydrogens is 290 g/mol. The van der Waals surface area contributed by atoms with Crippen molar-refractivity contribution in [2.45, 2.75) is 64.5 Å². The Bertz CT molecular complexity index is 649. The Kier molecular flexibility index (Phi) is 4.79. The lowest BCUT2D eigenvalue weighted by molar-refractivity contribution is 0.102. The van der Waals surface area contributed by atoms with Crippen LogP contribution in [0, 0.1) is 0 Å². The maximum Gasteiger partial charge on any atom is 0.277 e. The van der Waals surface area contributed by atoms with Gasteiger partial charge >= 0.3 is 0 Å². The normalized spacial score (nSPS) is 15.4. The zero-order chi connectivity index (χ0) is 16.2.